The number of benzene rings is 2. The van der Waals surface area contributed by atoms with Crippen molar-refractivity contribution in [2.24, 2.45) is 0 Å². The van der Waals surface area contributed by atoms with Gasteiger partial charge in [0, 0.05) is 11.6 Å². The van der Waals surface area contributed by atoms with E-state index in [1.54, 1.807) is 42.5 Å². The summed E-state index contributed by atoms with van der Waals surface area (Å²) in [6.07, 6.45) is 1.08. The molecule has 1 amide bonds. The van der Waals surface area contributed by atoms with Crippen molar-refractivity contribution in [1.29, 1.82) is 0 Å². The van der Waals surface area contributed by atoms with Crippen LogP contribution in [0.4, 0.5) is 0 Å². The van der Waals surface area contributed by atoms with Crippen LogP contribution in [-0.4, -0.2) is 26.1 Å². The highest BCUT2D eigenvalue weighted by atomic mass is 32.2. The molecule has 5 heteroatoms. The van der Waals surface area contributed by atoms with Gasteiger partial charge in [0.25, 0.3) is 5.91 Å². The number of amides is 1. The summed E-state index contributed by atoms with van der Waals surface area (Å²) in [6, 6.07) is 15.6. The summed E-state index contributed by atoms with van der Waals surface area (Å²) in [4.78, 5) is 12.6. The number of nitrogens with one attached hydrogen (secondary N) is 1. The molecule has 1 atom stereocenters. The molecule has 0 radical (unpaired) electrons. The van der Waals surface area contributed by atoms with Gasteiger partial charge in [0.2, 0.25) is 0 Å². The fraction of sp³-hybridized carbons (Fsp3) is 0.316. The van der Waals surface area contributed by atoms with E-state index < -0.39 is 9.84 Å². The number of carbonyl (C=O) groups is 1. The quantitative estimate of drug-likeness (QED) is 0.837. The first-order chi connectivity index (χ1) is 11.4. The number of rotatable bonds is 7. The number of hydrogen-bond acceptors (Lipinski definition) is 3. The van der Waals surface area contributed by atoms with Crippen molar-refractivity contribution in [3.63, 3.8) is 0 Å². The molecular formula is C19H23NO3S. The zero-order chi connectivity index (χ0) is 17.6. The van der Waals surface area contributed by atoms with E-state index in [4.69, 9.17) is 0 Å². The van der Waals surface area contributed by atoms with Crippen LogP contribution in [0.3, 0.4) is 0 Å². The molecule has 24 heavy (non-hydrogen) atoms. The Morgan fingerprint density at radius 2 is 1.67 bits per heavy atom. The Morgan fingerprint density at radius 3 is 2.25 bits per heavy atom. The molecule has 2 aromatic carbocycles. The molecule has 128 valence electrons. The van der Waals surface area contributed by atoms with Crippen molar-refractivity contribution in [2.75, 3.05) is 5.75 Å². The first kappa shape index (κ1) is 18.2. The first-order valence-electron chi connectivity index (χ1n) is 8.07. The zero-order valence-corrected chi connectivity index (χ0v) is 14.8. The first-order valence-corrected chi connectivity index (χ1v) is 9.73. The highest BCUT2D eigenvalue weighted by molar-refractivity contribution is 7.91. The van der Waals surface area contributed by atoms with Gasteiger partial charge in [0.1, 0.15) is 0 Å². The summed E-state index contributed by atoms with van der Waals surface area (Å²) in [6.45, 7) is 3.90. The summed E-state index contributed by atoms with van der Waals surface area (Å²) >= 11 is 0. The fourth-order valence-corrected chi connectivity index (χ4v) is 3.80. The lowest BCUT2D eigenvalue weighted by molar-refractivity contribution is 0.0935. The summed E-state index contributed by atoms with van der Waals surface area (Å²) in [5.74, 6) is -0.150. The average Bonchev–Trinajstić information content (AvgIpc) is 2.59. The maximum absolute atomic E-state index is 12.3. The summed E-state index contributed by atoms with van der Waals surface area (Å²) in [7, 11) is -3.32. The van der Waals surface area contributed by atoms with E-state index in [2.05, 4.69) is 5.32 Å². The molecule has 0 aliphatic rings. The third-order valence-electron chi connectivity index (χ3n) is 3.98. The Balaban J connectivity index is 1.97. The number of aryl methyl sites for hydroxylation is 1. The molecule has 2 aromatic rings. The van der Waals surface area contributed by atoms with Crippen LogP contribution in [0, 0.1) is 6.92 Å². The van der Waals surface area contributed by atoms with Gasteiger partial charge in [-0.3, -0.25) is 4.79 Å². The molecule has 0 aliphatic carbocycles. The molecule has 1 N–H and O–H groups in total. The van der Waals surface area contributed by atoms with Crippen molar-refractivity contribution >= 4 is 15.7 Å². The van der Waals surface area contributed by atoms with Gasteiger partial charge in [-0.15, -0.1) is 0 Å². The summed E-state index contributed by atoms with van der Waals surface area (Å²) < 4.78 is 24.7. The van der Waals surface area contributed by atoms with E-state index in [1.807, 2.05) is 26.0 Å². The maximum Gasteiger partial charge on any atom is 0.251 e. The second-order valence-corrected chi connectivity index (χ2v) is 7.97. The number of hydrogen-bond donors (Lipinski definition) is 1. The molecule has 0 spiro atoms. The van der Waals surface area contributed by atoms with Gasteiger partial charge in [0.05, 0.1) is 10.6 Å². The zero-order valence-electron chi connectivity index (χ0n) is 14.0. The molecule has 0 aromatic heterocycles. The van der Waals surface area contributed by atoms with Crippen LogP contribution in [0.1, 0.15) is 35.7 Å². The highest BCUT2D eigenvalue weighted by Gasteiger charge is 2.18. The predicted octanol–water partition coefficient (Wildman–Crippen LogP) is 3.37. The maximum atomic E-state index is 12.3. The van der Waals surface area contributed by atoms with E-state index in [0.717, 1.165) is 5.56 Å². The molecule has 0 fully saturated rings. The van der Waals surface area contributed by atoms with E-state index in [9.17, 15) is 13.2 Å². The standard InChI is InChI=1S/C19H23NO3S/c1-3-17(20-19(21)16-11-9-15(2)10-12-16)13-14-24(22,23)18-7-5-4-6-8-18/h4-12,17H,3,13-14H2,1-2H3,(H,20,21). The van der Waals surface area contributed by atoms with E-state index in [-0.39, 0.29) is 17.7 Å². The Bertz CT molecular complexity index is 768. The van der Waals surface area contributed by atoms with Crippen LogP contribution < -0.4 is 5.32 Å². The van der Waals surface area contributed by atoms with Crippen LogP contribution in [0.25, 0.3) is 0 Å². The van der Waals surface area contributed by atoms with E-state index >= 15 is 0 Å². The number of carbonyl (C=O) groups excluding carboxylic acids is 1. The highest BCUT2D eigenvalue weighted by Crippen LogP contribution is 2.13. The van der Waals surface area contributed by atoms with Crippen molar-refractivity contribution in [1.82, 2.24) is 5.32 Å². The molecule has 0 aliphatic heterocycles. The topological polar surface area (TPSA) is 63.2 Å². The van der Waals surface area contributed by atoms with Crippen LogP contribution in [-0.2, 0) is 9.84 Å². The van der Waals surface area contributed by atoms with Gasteiger partial charge in [0.15, 0.2) is 9.84 Å². The van der Waals surface area contributed by atoms with Gasteiger partial charge in [-0.05, 0) is 44.0 Å². The Kier molecular flexibility index (Phi) is 6.15. The SMILES string of the molecule is CCC(CCS(=O)(=O)c1ccccc1)NC(=O)c1ccc(C)cc1. The van der Waals surface area contributed by atoms with Crippen LogP contribution in [0.2, 0.25) is 0 Å². The van der Waals surface area contributed by atoms with Crippen LogP contribution in [0.15, 0.2) is 59.5 Å². The molecule has 0 saturated heterocycles. The monoisotopic (exact) mass is 345 g/mol. The lowest BCUT2D eigenvalue weighted by atomic mass is 10.1. The van der Waals surface area contributed by atoms with Gasteiger partial charge in [-0.2, -0.15) is 0 Å². The molecule has 0 heterocycles. The molecule has 2 rings (SSSR count). The largest absolute Gasteiger partial charge is 0.349 e. The normalized spacial score (nSPS) is 12.6. The lowest BCUT2D eigenvalue weighted by Gasteiger charge is -2.17. The van der Waals surface area contributed by atoms with Gasteiger partial charge in [-0.25, -0.2) is 8.42 Å². The predicted molar refractivity (Wildman–Crippen MR) is 95.8 cm³/mol. The van der Waals surface area contributed by atoms with E-state index in [1.165, 1.54) is 0 Å². The summed E-state index contributed by atoms with van der Waals surface area (Å²) in [5, 5.41) is 2.92. The van der Waals surface area contributed by atoms with Crippen molar-refractivity contribution < 1.29 is 13.2 Å². The molecule has 0 saturated carbocycles. The Hall–Kier alpha value is -2.14. The van der Waals surface area contributed by atoms with Crippen molar-refractivity contribution in [3.05, 3.63) is 65.7 Å². The van der Waals surface area contributed by atoms with Gasteiger partial charge < -0.3 is 5.32 Å². The van der Waals surface area contributed by atoms with Crippen LogP contribution >= 0.6 is 0 Å². The van der Waals surface area contributed by atoms with Gasteiger partial charge >= 0.3 is 0 Å². The molecule has 1 unspecified atom stereocenters. The molecular weight excluding hydrogens is 322 g/mol. The molecule has 4 nitrogen and oxygen atoms in total. The van der Waals surface area contributed by atoms with Gasteiger partial charge in [-0.1, -0.05) is 42.8 Å². The number of sulfone groups is 1. The van der Waals surface area contributed by atoms with Crippen LogP contribution in [0.5, 0.6) is 0 Å². The van der Waals surface area contributed by atoms with Crippen molar-refractivity contribution in [3.8, 4) is 0 Å². The third kappa shape index (κ3) is 4.93. The second-order valence-electron chi connectivity index (χ2n) is 5.87. The minimum Gasteiger partial charge on any atom is -0.349 e. The summed E-state index contributed by atoms with van der Waals surface area (Å²) in [5.41, 5.74) is 1.68. The lowest BCUT2D eigenvalue weighted by Crippen LogP contribution is -2.35. The minimum atomic E-state index is -3.32. The molecule has 0 bridgehead atoms. The Labute approximate surface area is 143 Å². The van der Waals surface area contributed by atoms with E-state index in [0.29, 0.717) is 23.3 Å². The second kappa shape index (κ2) is 8.11. The average molecular weight is 345 g/mol. The van der Waals surface area contributed by atoms with Crippen molar-refractivity contribution in [2.45, 2.75) is 37.6 Å². The smallest absolute Gasteiger partial charge is 0.251 e. The Morgan fingerprint density at radius 1 is 1.04 bits per heavy atom. The fourth-order valence-electron chi connectivity index (χ4n) is 2.40. The minimum absolute atomic E-state index is 0.0176. The third-order valence-corrected chi connectivity index (χ3v) is 5.74.